The fourth-order valence-electron chi connectivity index (χ4n) is 2.22. The minimum absolute atomic E-state index is 0.0469. The Hall–Kier alpha value is -2.74. The molecule has 22 heavy (non-hydrogen) atoms. The van der Waals surface area contributed by atoms with Crippen molar-refractivity contribution in [2.75, 3.05) is 0 Å². The van der Waals surface area contributed by atoms with E-state index in [9.17, 15) is 18.0 Å². The number of carbonyl (C=O) groups excluding carboxylic acids is 1. The van der Waals surface area contributed by atoms with Gasteiger partial charge in [0.15, 0.2) is 0 Å². The number of pyridine rings is 1. The zero-order valence-electron chi connectivity index (χ0n) is 11.1. The average Bonchev–Trinajstić information content (AvgIpc) is 2.69. The van der Waals surface area contributed by atoms with Crippen LogP contribution in [0.1, 0.15) is 26.5 Å². The molecule has 0 spiro atoms. The summed E-state index contributed by atoms with van der Waals surface area (Å²) >= 11 is 0. The van der Waals surface area contributed by atoms with Crippen molar-refractivity contribution < 1.29 is 23.1 Å². The summed E-state index contributed by atoms with van der Waals surface area (Å²) in [4.78, 5) is 26.9. The van der Waals surface area contributed by atoms with Crippen molar-refractivity contribution in [1.82, 2.24) is 9.29 Å². The lowest BCUT2D eigenvalue weighted by molar-refractivity contribution is 0.0690. The molecule has 7 nitrogen and oxygen atoms in total. The van der Waals surface area contributed by atoms with Gasteiger partial charge in [-0.25, -0.2) is 22.5 Å². The second-order valence-electron chi connectivity index (χ2n) is 4.63. The molecule has 1 aliphatic rings. The molecule has 3 rings (SSSR count). The first kappa shape index (κ1) is 14.2. The van der Waals surface area contributed by atoms with Crippen molar-refractivity contribution in [1.29, 1.82) is 0 Å². The van der Waals surface area contributed by atoms with Crippen LogP contribution in [0.4, 0.5) is 0 Å². The Morgan fingerprint density at radius 3 is 2.55 bits per heavy atom. The quantitative estimate of drug-likeness (QED) is 0.909. The Morgan fingerprint density at radius 1 is 1.14 bits per heavy atom. The zero-order valence-corrected chi connectivity index (χ0v) is 11.9. The SMILES string of the molecule is O=C(O)c1cccc(CN2C(=O)c3ccccc3S2(=O)=O)n1. The van der Waals surface area contributed by atoms with Crippen LogP contribution >= 0.6 is 0 Å². The van der Waals surface area contributed by atoms with Crippen LogP contribution in [0.15, 0.2) is 47.4 Å². The molecule has 0 saturated heterocycles. The fourth-order valence-corrected chi connectivity index (χ4v) is 3.76. The van der Waals surface area contributed by atoms with E-state index in [0.29, 0.717) is 4.31 Å². The van der Waals surface area contributed by atoms with Crippen molar-refractivity contribution >= 4 is 21.9 Å². The number of sulfonamides is 1. The Morgan fingerprint density at radius 2 is 1.86 bits per heavy atom. The highest BCUT2D eigenvalue weighted by Crippen LogP contribution is 2.30. The summed E-state index contributed by atoms with van der Waals surface area (Å²) in [5.41, 5.74) is 0.0839. The molecule has 0 aliphatic carbocycles. The van der Waals surface area contributed by atoms with Crippen LogP contribution in [0.2, 0.25) is 0 Å². The van der Waals surface area contributed by atoms with Crippen molar-refractivity contribution in [3.8, 4) is 0 Å². The summed E-state index contributed by atoms with van der Waals surface area (Å²) in [5, 5.41) is 8.91. The van der Waals surface area contributed by atoms with Crippen LogP contribution in [0, 0.1) is 0 Å². The van der Waals surface area contributed by atoms with E-state index in [0.717, 1.165) is 0 Å². The first-order valence-corrected chi connectivity index (χ1v) is 7.70. The monoisotopic (exact) mass is 318 g/mol. The Kier molecular flexibility index (Phi) is 3.18. The molecule has 112 valence electrons. The summed E-state index contributed by atoms with van der Waals surface area (Å²) in [6.45, 7) is -0.309. The third kappa shape index (κ3) is 2.13. The van der Waals surface area contributed by atoms with Gasteiger partial charge in [0.1, 0.15) is 10.6 Å². The Bertz CT molecular complexity index is 892. The van der Waals surface area contributed by atoms with Gasteiger partial charge in [0, 0.05) is 0 Å². The molecule has 0 atom stereocenters. The molecule has 1 amide bonds. The highest BCUT2D eigenvalue weighted by Gasteiger charge is 2.40. The summed E-state index contributed by atoms with van der Waals surface area (Å²) in [7, 11) is -3.93. The van der Waals surface area contributed by atoms with Crippen LogP contribution in [0.5, 0.6) is 0 Å². The largest absolute Gasteiger partial charge is 0.477 e. The molecule has 1 N–H and O–H groups in total. The summed E-state index contributed by atoms with van der Waals surface area (Å²) in [6.07, 6.45) is 0. The number of rotatable bonds is 3. The molecular weight excluding hydrogens is 308 g/mol. The number of aromatic carboxylic acids is 1. The number of benzene rings is 1. The third-order valence-corrected chi connectivity index (χ3v) is 5.03. The van der Waals surface area contributed by atoms with E-state index in [1.54, 1.807) is 6.07 Å². The summed E-state index contributed by atoms with van der Waals surface area (Å²) < 4.78 is 25.5. The molecule has 1 aromatic carbocycles. The molecule has 2 aromatic rings. The van der Waals surface area contributed by atoms with E-state index in [1.807, 2.05) is 0 Å². The number of amides is 1. The number of hydrogen-bond acceptors (Lipinski definition) is 5. The predicted molar refractivity (Wildman–Crippen MR) is 74.7 cm³/mol. The smallest absolute Gasteiger partial charge is 0.354 e. The lowest BCUT2D eigenvalue weighted by atomic mass is 10.2. The van der Waals surface area contributed by atoms with Gasteiger partial charge in [-0.05, 0) is 24.3 Å². The minimum Gasteiger partial charge on any atom is -0.477 e. The maximum atomic E-state index is 12.4. The highest BCUT2D eigenvalue weighted by molar-refractivity contribution is 7.90. The van der Waals surface area contributed by atoms with E-state index in [2.05, 4.69) is 4.98 Å². The Balaban J connectivity index is 1.99. The van der Waals surface area contributed by atoms with Crippen LogP contribution in [-0.4, -0.2) is 34.7 Å². The van der Waals surface area contributed by atoms with Crippen molar-refractivity contribution in [2.24, 2.45) is 0 Å². The van der Waals surface area contributed by atoms with Gasteiger partial charge >= 0.3 is 5.97 Å². The number of hydrogen-bond donors (Lipinski definition) is 1. The molecule has 8 heteroatoms. The van der Waals surface area contributed by atoms with E-state index < -0.39 is 21.9 Å². The van der Waals surface area contributed by atoms with Crippen LogP contribution in [0.25, 0.3) is 0 Å². The van der Waals surface area contributed by atoms with Gasteiger partial charge in [-0.3, -0.25) is 4.79 Å². The summed E-state index contributed by atoms with van der Waals surface area (Å²) in [6, 6.07) is 10.1. The summed E-state index contributed by atoms with van der Waals surface area (Å²) in [5.74, 6) is -1.86. The van der Waals surface area contributed by atoms with Crippen LogP contribution < -0.4 is 0 Å². The molecule has 0 saturated carbocycles. The van der Waals surface area contributed by atoms with E-state index in [-0.39, 0.29) is 28.4 Å². The molecule has 1 aromatic heterocycles. The molecular formula is C14H10N2O5S. The maximum absolute atomic E-state index is 12.4. The highest BCUT2D eigenvalue weighted by atomic mass is 32.2. The van der Waals surface area contributed by atoms with Crippen molar-refractivity contribution in [2.45, 2.75) is 11.4 Å². The standard InChI is InChI=1S/C14H10N2O5S/c17-13-10-5-1-2-7-12(10)22(20,21)16(13)8-9-4-3-6-11(15-9)14(18)19/h1-7H,8H2,(H,18,19). The lowest BCUT2D eigenvalue weighted by Gasteiger charge is -2.14. The van der Waals surface area contributed by atoms with Crippen LogP contribution in [0.3, 0.4) is 0 Å². The average molecular weight is 318 g/mol. The number of carboxylic acids is 1. The minimum atomic E-state index is -3.93. The predicted octanol–water partition coefficient (Wildman–Crippen LogP) is 1.12. The molecule has 0 fully saturated rings. The molecule has 0 bridgehead atoms. The van der Waals surface area contributed by atoms with E-state index in [4.69, 9.17) is 5.11 Å². The second-order valence-corrected chi connectivity index (χ2v) is 6.46. The number of fused-ring (bicyclic) bond motifs is 1. The zero-order chi connectivity index (χ0) is 15.9. The van der Waals surface area contributed by atoms with Gasteiger partial charge in [-0.1, -0.05) is 18.2 Å². The second kappa shape index (κ2) is 4.92. The third-order valence-electron chi connectivity index (χ3n) is 3.24. The molecule has 1 aliphatic heterocycles. The van der Waals surface area contributed by atoms with Gasteiger partial charge in [0.05, 0.1) is 17.8 Å². The molecule has 2 heterocycles. The van der Waals surface area contributed by atoms with Crippen molar-refractivity contribution in [3.63, 3.8) is 0 Å². The number of carbonyl (C=O) groups is 2. The van der Waals surface area contributed by atoms with Gasteiger partial charge in [-0.15, -0.1) is 0 Å². The van der Waals surface area contributed by atoms with Gasteiger partial charge < -0.3 is 5.11 Å². The van der Waals surface area contributed by atoms with E-state index >= 15 is 0 Å². The van der Waals surface area contributed by atoms with Gasteiger partial charge in [0.25, 0.3) is 15.9 Å². The van der Waals surface area contributed by atoms with Gasteiger partial charge in [0.2, 0.25) is 0 Å². The van der Waals surface area contributed by atoms with Gasteiger partial charge in [-0.2, -0.15) is 0 Å². The Labute approximate surface area is 125 Å². The van der Waals surface area contributed by atoms with Crippen LogP contribution in [-0.2, 0) is 16.6 Å². The molecule has 0 unspecified atom stereocenters. The maximum Gasteiger partial charge on any atom is 0.354 e. The number of aromatic nitrogens is 1. The molecule has 0 radical (unpaired) electrons. The first-order chi connectivity index (χ1) is 10.4. The first-order valence-electron chi connectivity index (χ1n) is 6.26. The number of nitrogens with zero attached hydrogens (tertiary/aromatic N) is 2. The van der Waals surface area contributed by atoms with Crippen molar-refractivity contribution in [3.05, 3.63) is 59.4 Å². The topological polar surface area (TPSA) is 105 Å². The normalized spacial score (nSPS) is 15.6. The lowest BCUT2D eigenvalue weighted by Crippen LogP contribution is -2.30. The fraction of sp³-hybridized carbons (Fsp3) is 0.0714. The van der Waals surface area contributed by atoms with E-state index in [1.165, 1.54) is 36.4 Å². The number of carboxylic acid groups (broad SMARTS) is 1.